The van der Waals surface area contributed by atoms with Gasteiger partial charge in [0, 0.05) is 57.0 Å². The van der Waals surface area contributed by atoms with Crippen molar-refractivity contribution in [2.75, 3.05) is 19.6 Å². The predicted molar refractivity (Wildman–Crippen MR) is 115 cm³/mol. The third-order valence-electron chi connectivity index (χ3n) is 6.17. The Labute approximate surface area is 182 Å². The third kappa shape index (κ3) is 5.45. The average molecular weight is 424 g/mol. The van der Waals surface area contributed by atoms with Crippen molar-refractivity contribution in [3.05, 3.63) is 60.2 Å². The minimum Gasteiger partial charge on any atom is -0.392 e. The number of nitrogens with zero attached hydrogens (tertiary/aromatic N) is 4. The summed E-state index contributed by atoms with van der Waals surface area (Å²) in [6.07, 6.45) is 8.78. The monoisotopic (exact) mass is 423 g/mol. The Kier molecular flexibility index (Phi) is 6.89. The van der Waals surface area contributed by atoms with Crippen LogP contribution >= 0.6 is 0 Å². The van der Waals surface area contributed by atoms with Crippen LogP contribution in [0, 0.1) is 0 Å². The quantitative estimate of drug-likeness (QED) is 0.712. The van der Waals surface area contributed by atoms with E-state index >= 15 is 0 Å². The van der Waals surface area contributed by atoms with Crippen LogP contribution in [0.15, 0.2) is 49.1 Å². The largest absolute Gasteiger partial charge is 0.392 e. The number of hydrogen-bond acceptors (Lipinski definition) is 6. The van der Waals surface area contributed by atoms with Crippen molar-refractivity contribution in [2.24, 2.45) is 0 Å². The van der Waals surface area contributed by atoms with Crippen LogP contribution in [-0.4, -0.2) is 74.5 Å². The van der Waals surface area contributed by atoms with E-state index in [9.17, 15) is 14.7 Å². The zero-order valence-electron chi connectivity index (χ0n) is 17.6. The van der Waals surface area contributed by atoms with Crippen molar-refractivity contribution in [1.82, 2.24) is 25.1 Å². The molecule has 0 aromatic carbocycles. The van der Waals surface area contributed by atoms with Crippen molar-refractivity contribution in [3.63, 3.8) is 0 Å². The summed E-state index contributed by atoms with van der Waals surface area (Å²) in [7, 11) is 0. The van der Waals surface area contributed by atoms with Gasteiger partial charge in [0.2, 0.25) is 11.8 Å². The first kappa shape index (κ1) is 21.4. The SMILES string of the molecule is O=C(NCc1cccnc1)[C@@H]1C[C@@H](O)CN1C1CCN(C(=O)Cc2cccnc2)CC1. The van der Waals surface area contributed by atoms with E-state index in [0.29, 0.717) is 39.0 Å². The maximum Gasteiger partial charge on any atom is 0.237 e. The molecule has 8 nitrogen and oxygen atoms in total. The first-order valence-corrected chi connectivity index (χ1v) is 10.9. The van der Waals surface area contributed by atoms with Gasteiger partial charge >= 0.3 is 0 Å². The average Bonchev–Trinajstić information content (AvgIpc) is 3.20. The molecule has 4 rings (SSSR count). The highest BCUT2D eigenvalue weighted by atomic mass is 16.3. The fourth-order valence-electron chi connectivity index (χ4n) is 4.55. The molecule has 2 saturated heterocycles. The number of aliphatic hydroxyl groups is 1. The molecule has 0 radical (unpaired) electrons. The zero-order chi connectivity index (χ0) is 21.6. The molecule has 8 heteroatoms. The summed E-state index contributed by atoms with van der Waals surface area (Å²) < 4.78 is 0. The molecule has 2 N–H and O–H groups in total. The van der Waals surface area contributed by atoms with Gasteiger partial charge in [-0.1, -0.05) is 12.1 Å². The molecule has 4 heterocycles. The highest BCUT2D eigenvalue weighted by Gasteiger charge is 2.40. The molecule has 2 aliphatic rings. The summed E-state index contributed by atoms with van der Waals surface area (Å²) in [5, 5.41) is 13.2. The number of amides is 2. The van der Waals surface area contributed by atoms with Gasteiger partial charge in [-0.25, -0.2) is 0 Å². The second-order valence-electron chi connectivity index (χ2n) is 8.33. The Morgan fingerprint density at radius 2 is 1.74 bits per heavy atom. The molecular formula is C23H29N5O3. The number of pyridine rings is 2. The summed E-state index contributed by atoms with van der Waals surface area (Å²) >= 11 is 0. The summed E-state index contributed by atoms with van der Waals surface area (Å²) in [4.78, 5) is 37.6. The molecule has 0 bridgehead atoms. The highest BCUT2D eigenvalue weighted by molar-refractivity contribution is 5.82. The first-order chi connectivity index (χ1) is 15.1. The number of β-amino-alcohol motifs (C(OH)–C–C–N with tert-alkyl or cyclic N) is 1. The van der Waals surface area contributed by atoms with E-state index in [2.05, 4.69) is 20.2 Å². The Morgan fingerprint density at radius 3 is 2.39 bits per heavy atom. The number of carbonyl (C=O) groups excluding carboxylic acids is 2. The zero-order valence-corrected chi connectivity index (χ0v) is 17.6. The molecule has 31 heavy (non-hydrogen) atoms. The van der Waals surface area contributed by atoms with Crippen molar-refractivity contribution in [3.8, 4) is 0 Å². The number of aromatic nitrogens is 2. The van der Waals surface area contributed by atoms with E-state index in [-0.39, 0.29) is 23.9 Å². The topological polar surface area (TPSA) is 98.7 Å². The second kappa shape index (κ2) is 9.98. The maximum absolute atomic E-state index is 12.8. The lowest BCUT2D eigenvalue weighted by Crippen LogP contribution is -2.52. The van der Waals surface area contributed by atoms with Crippen molar-refractivity contribution < 1.29 is 14.7 Å². The van der Waals surface area contributed by atoms with Crippen LogP contribution in [0.25, 0.3) is 0 Å². The van der Waals surface area contributed by atoms with Gasteiger partial charge in [0.1, 0.15) is 0 Å². The third-order valence-corrected chi connectivity index (χ3v) is 6.17. The predicted octanol–water partition coefficient (Wildman–Crippen LogP) is 0.762. The fourth-order valence-corrected chi connectivity index (χ4v) is 4.55. The van der Waals surface area contributed by atoms with Crippen LogP contribution < -0.4 is 5.32 Å². The smallest absolute Gasteiger partial charge is 0.237 e. The standard InChI is InChI=1S/C23H29N5O3/c29-20-12-21(23(31)26-15-18-4-2-8-25-14-18)28(16-20)19-5-9-27(10-6-19)22(30)11-17-3-1-7-24-13-17/h1-4,7-8,13-14,19-21,29H,5-6,9-12,15-16H2,(H,26,31)/t20-,21+/m1/s1. The van der Waals surface area contributed by atoms with Crippen LogP contribution in [0.3, 0.4) is 0 Å². The molecule has 0 unspecified atom stereocenters. The minimum absolute atomic E-state index is 0.0597. The number of piperidine rings is 1. The van der Waals surface area contributed by atoms with Gasteiger partial charge in [-0.05, 0) is 42.5 Å². The van der Waals surface area contributed by atoms with Gasteiger partial charge in [-0.2, -0.15) is 0 Å². The van der Waals surface area contributed by atoms with Gasteiger partial charge in [0.15, 0.2) is 0 Å². The number of aliphatic hydroxyl groups excluding tert-OH is 1. The number of carbonyl (C=O) groups is 2. The summed E-state index contributed by atoms with van der Waals surface area (Å²) in [6, 6.07) is 7.37. The van der Waals surface area contributed by atoms with Crippen molar-refractivity contribution in [2.45, 2.75) is 50.4 Å². The highest BCUT2D eigenvalue weighted by Crippen LogP contribution is 2.27. The molecule has 2 aromatic heterocycles. The van der Waals surface area contributed by atoms with E-state index in [0.717, 1.165) is 24.0 Å². The van der Waals surface area contributed by atoms with Gasteiger partial charge in [0.25, 0.3) is 0 Å². The van der Waals surface area contributed by atoms with Crippen molar-refractivity contribution in [1.29, 1.82) is 0 Å². The molecule has 0 aliphatic carbocycles. The molecule has 2 amide bonds. The maximum atomic E-state index is 12.8. The lowest BCUT2D eigenvalue weighted by molar-refractivity contribution is -0.133. The van der Waals surface area contributed by atoms with Crippen molar-refractivity contribution >= 4 is 11.8 Å². The molecule has 2 fully saturated rings. The number of rotatable bonds is 6. The van der Waals surface area contributed by atoms with Gasteiger partial charge in [-0.3, -0.25) is 24.5 Å². The van der Waals surface area contributed by atoms with Crippen LogP contribution in [0.5, 0.6) is 0 Å². The lowest BCUT2D eigenvalue weighted by atomic mass is 10.0. The number of likely N-dealkylation sites (tertiary alicyclic amines) is 2. The van der Waals surface area contributed by atoms with Crippen LogP contribution in [-0.2, 0) is 22.6 Å². The molecule has 0 spiro atoms. The minimum atomic E-state index is -0.501. The second-order valence-corrected chi connectivity index (χ2v) is 8.33. The van der Waals surface area contributed by atoms with E-state index in [1.807, 2.05) is 29.2 Å². The van der Waals surface area contributed by atoms with Gasteiger partial charge in [-0.15, -0.1) is 0 Å². The normalized spacial score (nSPS) is 22.4. The lowest BCUT2D eigenvalue weighted by Gasteiger charge is -2.39. The Balaban J connectivity index is 1.30. The van der Waals surface area contributed by atoms with E-state index in [1.54, 1.807) is 24.8 Å². The van der Waals surface area contributed by atoms with E-state index in [4.69, 9.17) is 0 Å². The van der Waals surface area contributed by atoms with Gasteiger partial charge in [0.05, 0.1) is 18.6 Å². The number of nitrogens with one attached hydrogen (secondary N) is 1. The Morgan fingerprint density at radius 1 is 1.06 bits per heavy atom. The van der Waals surface area contributed by atoms with Crippen LogP contribution in [0.1, 0.15) is 30.4 Å². The fraction of sp³-hybridized carbons (Fsp3) is 0.478. The van der Waals surface area contributed by atoms with E-state index in [1.165, 1.54) is 0 Å². The first-order valence-electron chi connectivity index (χ1n) is 10.9. The Hall–Kier alpha value is -2.84. The molecule has 164 valence electrons. The summed E-state index contributed by atoms with van der Waals surface area (Å²) in [6.45, 7) is 2.26. The van der Waals surface area contributed by atoms with Gasteiger partial charge < -0.3 is 15.3 Å². The van der Waals surface area contributed by atoms with Crippen LogP contribution in [0.2, 0.25) is 0 Å². The molecule has 2 atom stereocenters. The van der Waals surface area contributed by atoms with E-state index < -0.39 is 6.10 Å². The van der Waals surface area contributed by atoms with Crippen LogP contribution in [0.4, 0.5) is 0 Å². The Bertz CT molecular complexity index is 871. The molecule has 2 aliphatic heterocycles. The molecule has 2 aromatic rings. The summed E-state index contributed by atoms with van der Waals surface area (Å²) in [5.41, 5.74) is 1.86. The molecule has 0 saturated carbocycles. The summed E-state index contributed by atoms with van der Waals surface area (Å²) in [5.74, 6) is 0.0501. The number of hydrogen-bond donors (Lipinski definition) is 2. The molecular weight excluding hydrogens is 394 g/mol.